The van der Waals surface area contributed by atoms with E-state index in [2.05, 4.69) is 276 Å². The molecule has 0 atom stereocenters. The molecule has 68 heavy (non-hydrogen) atoms. The minimum atomic E-state index is 1.15. The van der Waals surface area contributed by atoms with Crippen LogP contribution in [0.25, 0.3) is 122 Å². The average Bonchev–Trinajstić information content (AvgIpc) is 3.93. The zero-order valence-electron chi connectivity index (χ0n) is 37.3. The first kappa shape index (κ1) is 39.4. The fourth-order valence-corrected chi connectivity index (χ4v) is 10.3. The van der Waals surface area contributed by atoms with E-state index >= 15 is 0 Å². The van der Waals surface area contributed by atoms with Gasteiger partial charge in [0, 0.05) is 32.9 Å². The van der Waals surface area contributed by atoms with Crippen molar-refractivity contribution in [2.75, 3.05) is 0 Å². The maximum absolute atomic E-state index is 2.41. The minimum Gasteiger partial charge on any atom is -0.309 e. The molecule has 0 aliphatic carbocycles. The Morgan fingerprint density at radius 3 is 0.912 bits per heavy atom. The molecule has 0 N–H and O–H groups in total. The molecule has 0 bridgehead atoms. The zero-order chi connectivity index (χ0) is 45.0. The van der Waals surface area contributed by atoms with Crippen molar-refractivity contribution >= 4 is 43.6 Å². The lowest BCUT2D eigenvalue weighted by molar-refractivity contribution is 1.18. The molecule has 13 aromatic rings. The van der Waals surface area contributed by atoms with E-state index in [0.29, 0.717) is 0 Å². The van der Waals surface area contributed by atoms with Crippen LogP contribution < -0.4 is 0 Å². The molecule has 0 fully saturated rings. The average molecular weight is 865 g/mol. The molecule has 318 valence electrons. The van der Waals surface area contributed by atoms with E-state index in [4.69, 9.17) is 0 Å². The summed E-state index contributed by atoms with van der Waals surface area (Å²) in [6.45, 7) is 0. The third-order valence-corrected chi connectivity index (χ3v) is 13.7. The molecule has 11 aromatic carbocycles. The van der Waals surface area contributed by atoms with Gasteiger partial charge in [-0.15, -0.1) is 0 Å². The number of para-hydroxylation sites is 2. The quantitative estimate of drug-likeness (QED) is 0.144. The van der Waals surface area contributed by atoms with Crippen molar-refractivity contribution in [1.29, 1.82) is 0 Å². The predicted molar refractivity (Wildman–Crippen MR) is 288 cm³/mol. The number of benzene rings is 11. The van der Waals surface area contributed by atoms with Gasteiger partial charge in [0.1, 0.15) is 0 Å². The first-order chi connectivity index (χ1) is 33.7. The van der Waals surface area contributed by atoms with E-state index in [1.807, 2.05) is 0 Å². The van der Waals surface area contributed by atoms with Crippen LogP contribution in [0.4, 0.5) is 0 Å². The molecule has 2 heteroatoms. The van der Waals surface area contributed by atoms with Gasteiger partial charge >= 0.3 is 0 Å². The summed E-state index contributed by atoms with van der Waals surface area (Å²) >= 11 is 0. The molecular weight excluding hydrogens is 821 g/mol. The van der Waals surface area contributed by atoms with Crippen LogP contribution in [-0.4, -0.2) is 9.13 Å². The van der Waals surface area contributed by atoms with Crippen molar-refractivity contribution in [3.63, 3.8) is 0 Å². The van der Waals surface area contributed by atoms with Gasteiger partial charge in [0.15, 0.2) is 0 Å². The van der Waals surface area contributed by atoms with E-state index in [-0.39, 0.29) is 0 Å². The highest BCUT2D eigenvalue weighted by atomic mass is 15.0. The topological polar surface area (TPSA) is 9.86 Å². The van der Waals surface area contributed by atoms with Gasteiger partial charge in [0.25, 0.3) is 0 Å². The highest BCUT2D eigenvalue weighted by Gasteiger charge is 2.17. The highest BCUT2D eigenvalue weighted by molar-refractivity contribution is 6.13. The van der Waals surface area contributed by atoms with Gasteiger partial charge in [0.05, 0.1) is 22.1 Å². The smallest absolute Gasteiger partial charge is 0.0547 e. The molecule has 0 spiro atoms. The lowest BCUT2D eigenvalue weighted by Crippen LogP contribution is -1.93. The highest BCUT2D eigenvalue weighted by Crippen LogP contribution is 2.40. The predicted octanol–water partition coefficient (Wildman–Crippen LogP) is 17.9. The van der Waals surface area contributed by atoms with Crippen molar-refractivity contribution in [1.82, 2.24) is 9.13 Å². The summed E-state index contributed by atoms with van der Waals surface area (Å²) in [4.78, 5) is 0. The maximum Gasteiger partial charge on any atom is 0.0547 e. The van der Waals surface area contributed by atoms with Crippen molar-refractivity contribution in [3.05, 3.63) is 267 Å². The molecule has 0 aliphatic heterocycles. The molecule has 2 aromatic heterocycles. The minimum absolute atomic E-state index is 1.15. The van der Waals surface area contributed by atoms with E-state index in [1.165, 1.54) is 110 Å². The summed E-state index contributed by atoms with van der Waals surface area (Å²) < 4.78 is 4.80. The molecule has 13 rings (SSSR count). The number of hydrogen-bond donors (Lipinski definition) is 0. The largest absolute Gasteiger partial charge is 0.309 e. The number of rotatable bonds is 8. The van der Waals surface area contributed by atoms with Crippen LogP contribution in [0, 0.1) is 0 Å². The fourth-order valence-electron chi connectivity index (χ4n) is 10.3. The molecule has 0 radical (unpaired) electrons. The van der Waals surface area contributed by atoms with Gasteiger partial charge in [-0.1, -0.05) is 194 Å². The van der Waals surface area contributed by atoms with Crippen LogP contribution in [0.2, 0.25) is 0 Å². The van der Waals surface area contributed by atoms with Crippen molar-refractivity contribution < 1.29 is 0 Å². The Hall–Kier alpha value is -8.98. The summed E-state index contributed by atoms with van der Waals surface area (Å²) in [5.74, 6) is 0. The zero-order valence-corrected chi connectivity index (χ0v) is 37.3. The summed E-state index contributed by atoms with van der Waals surface area (Å²) in [5.41, 5.74) is 21.6. The number of fused-ring (bicyclic) bond motifs is 6. The number of nitrogens with zero attached hydrogens (tertiary/aromatic N) is 2. The molecule has 0 amide bonds. The lowest BCUT2D eigenvalue weighted by Gasteiger charge is -2.10. The SMILES string of the molecule is c1ccc(-c2ccc(-c3ccc4c5cc(-c6cccc(-c7ccc(-c8ccc9c(c8)c8cc(-c%10ccccc%10)ccc8n9-c8ccccc8)cc7)c6)ccc5n(-c5ccccc5)c4c3)cc2)cc1. The maximum atomic E-state index is 2.41. The van der Waals surface area contributed by atoms with Crippen LogP contribution >= 0.6 is 0 Å². The Balaban J connectivity index is 0.843. The Morgan fingerprint density at radius 1 is 0.162 bits per heavy atom. The van der Waals surface area contributed by atoms with Gasteiger partial charge in [0.2, 0.25) is 0 Å². The van der Waals surface area contributed by atoms with E-state index in [1.54, 1.807) is 0 Å². The second kappa shape index (κ2) is 16.5. The number of hydrogen-bond acceptors (Lipinski definition) is 0. The van der Waals surface area contributed by atoms with Gasteiger partial charge < -0.3 is 9.13 Å². The molecule has 0 saturated carbocycles. The van der Waals surface area contributed by atoms with Crippen molar-refractivity contribution in [3.8, 4) is 78.1 Å². The van der Waals surface area contributed by atoms with E-state index in [0.717, 1.165) is 11.4 Å². The second-order valence-electron chi connectivity index (χ2n) is 17.7. The summed E-state index contributed by atoms with van der Waals surface area (Å²) in [6.07, 6.45) is 0. The van der Waals surface area contributed by atoms with Crippen molar-refractivity contribution in [2.45, 2.75) is 0 Å². The van der Waals surface area contributed by atoms with E-state index in [9.17, 15) is 0 Å². The van der Waals surface area contributed by atoms with Gasteiger partial charge in [-0.3, -0.25) is 0 Å². The first-order valence-electron chi connectivity index (χ1n) is 23.4. The molecule has 2 nitrogen and oxygen atoms in total. The van der Waals surface area contributed by atoms with E-state index < -0.39 is 0 Å². The molecule has 2 heterocycles. The monoisotopic (exact) mass is 864 g/mol. The van der Waals surface area contributed by atoms with Gasteiger partial charge in [-0.25, -0.2) is 0 Å². The van der Waals surface area contributed by atoms with Crippen LogP contribution in [0.3, 0.4) is 0 Å². The molecule has 0 aliphatic rings. The van der Waals surface area contributed by atoms with Crippen LogP contribution in [0.15, 0.2) is 267 Å². The molecular formula is C66H44N2. The summed E-state index contributed by atoms with van der Waals surface area (Å²) in [5, 5.41) is 4.97. The normalized spacial score (nSPS) is 11.5. The van der Waals surface area contributed by atoms with Gasteiger partial charge in [-0.05, 0) is 140 Å². The Bertz CT molecular complexity index is 3960. The van der Waals surface area contributed by atoms with Crippen LogP contribution in [-0.2, 0) is 0 Å². The third-order valence-electron chi connectivity index (χ3n) is 13.7. The standard InChI is InChI=1S/C66H44N2/c1-5-14-45(15-6-1)47-24-26-50(27-25-47)56-32-36-59-60-43-55(35-39-63(60)68(66(59)44-56)58-22-11-4-12-23-58)52-19-13-18-51(40-52)48-28-30-49(31-29-48)54-34-38-65-62(42-54)61-41-53(46-16-7-2-8-17-46)33-37-64(61)67(65)57-20-9-3-10-21-57/h1-44H. The van der Waals surface area contributed by atoms with Crippen molar-refractivity contribution in [2.24, 2.45) is 0 Å². The first-order valence-corrected chi connectivity index (χ1v) is 23.4. The third kappa shape index (κ3) is 6.90. The Kier molecular flexibility index (Phi) is 9.54. The second-order valence-corrected chi connectivity index (χ2v) is 17.7. The Morgan fingerprint density at radius 2 is 0.441 bits per heavy atom. The molecule has 0 unspecified atom stereocenters. The number of aromatic nitrogens is 2. The lowest BCUT2D eigenvalue weighted by atomic mass is 9.96. The fraction of sp³-hybridized carbons (Fsp3) is 0. The molecule has 0 saturated heterocycles. The van der Waals surface area contributed by atoms with Gasteiger partial charge in [-0.2, -0.15) is 0 Å². The Labute approximate surface area is 395 Å². The van der Waals surface area contributed by atoms with Crippen LogP contribution in [0.1, 0.15) is 0 Å². The summed E-state index contributed by atoms with van der Waals surface area (Å²) in [6, 6.07) is 97.3. The van der Waals surface area contributed by atoms with Crippen LogP contribution in [0.5, 0.6) is 0 Å². The summed E-state index contributed by atoms with van der Waals surface area (Å²) in [7, 11) is 0.